The first-order valence-corrected chi connectivity index (χ1v) is 5.78. The Bertz CT molecular complexity index is 303. The summed E-state index contributed by atoms with van der Waals surface area (Å²) >= 11 is 0. The number of hydrogen-bond donors (Lipinski definition) is 1. The second-order valence-corrected chi connectivity index (χ2v) is 4.10. The lowest BCUT2D eigenvalue weighted by molar-refractivity contribution is 0.397. The number of para-hydroxylation sites is 1. The van der Waals surface area contributed by atoms with Crippen molar-refractivity contribution in [1.82, 2.24) is 5.32 Å². The topological polar surface area (TPSA) is 21.3 Å². The molecule has 2 rings (SSSR count). The van der Waals surface area contributed by atoms with Crippen molar-refractivity contribution in [3.8, 4) is 5.75 Å². The minimum absolute atomic E-state index is 0.476. The van der Waals surface area contributed by atoms with E-state index in [1.54, 1.807) is 7.11 Å². The van der Waals surface area contributed by atoms with Gasteiger partial charge in [-0.2, -0.15) is 0 Å². The summed E-state index contributed by atoms with van der Waals surface area (Å²) in [5, 5.41) is 3.59. The molecule has 0 radical (unpaired) electrons. The molecule has 1 N–H and O–H groups in total. The largest absolute Gasteiger partial charge is 0.496 e. The predicted octanol–water partition coefficient (Wildman–Crippen LogP) is 2.90. The Balaban J connectivity index is 2.18. The van der Waals surface area contributed by atoms with Gasteiger partial charge in [0, 0.05) is 11.6 Å². The Labute approximate surface area is 91.6 Å². The fourth-order valence-electron chi connectivity index (χ4n) is 2.25. The van der Waals surface area contributed by atoms with Crippen molar-refractivity contribution in [2.45, 2.75) is 31.7 Å². The van der Waals surface area contributed by atoms with E-state index in [0.717, 1.165) is 12.3 Å². The van der Waals surface area contributed by atoms with Crippen molar-refractivity contribution in [2.75, 3.05) is 13.7 Å². The fourth-order valence-corrected chi connectivity index (χ4v) is 2.25. The van der Waals surface area contributed by atoms with Gasteiger partial charge in [0.1, 0.15) is 5.75 Å². The summed E-state index contributed by atoms with van der Waals surface area (Å²) < 4.78 is 5.40. The summed E-state index contributed by atoms with van der Waals surface area (Å²) in [5.74, 6) is 1.01. The van der Waals surface area contributed by atoms with Crippen LogP contribution in [-0.2, 0) is 0 Å². The second-order valence-electron chi connectivity index (χ2n) is 4.10. The SMILES string of the molecule is COc1ccccc1[C@@H]1CCCCCN1. The standard InChI is InChI=1S/C13H19NO/c1-15-13-9-5-4-7-11(13)12-8-3-2-6-10-14-12/h4-5,7,9,12,14H,2-3,6,8,10H2,1H3/t12-/m0/s1. The Kier molecular flexibility index (Phi) is 3.62. The third-order valence-electron chi connectivity index (χ3n) is 3.07. The molecule has 1 aliphatic heterocycles. The predicted molar refractivity (Wildman–Crippen MR) is 62.2 cm³/mol. The average Bonchev–Trinajstić information content (AvgIpc) is 2.57. The molecule has 1 saturated heterocycles. The van der Waals surface area contributed by atoms with Gasteiger partial charge in [0.05, 0.1) is 7.11 Å². The quantitative estimate of drug-likeness (QED) is 0.801. The van der Waals surface area contributed by atoms with Crippen molar-refractivity contribution >= 4 is 0 Å². The van der Waals surface area contributed by atoms with E-state index in [4.69, 9.17) is 4.74 Å². The van der Waals surface area contributed by atoms with Crippen molar-refractivity contribution in [3.63, 3.8) is 0 Å². The molecule has 1 aromatic rings. The van der Waals surface area contributed by atoms with Crippen LogP contribution in [0.3, 0.4) is 0 Å². The molecule has 1 aliphatic rings. The highest BCUT2D eigenvalue weighted by atomic mass is 16.5. The van der Waals surface area contributed by atoms with E-state index in [1.165, 1.54) is 31.2 Å². The van der Waals surface area contributed by atoms with Crippen LogP contribution in [0.2, 0.25) is 0 Å². The van der Waals surface area contributed by atoms with E-state index < -0.39 is 0 Å². The fraction of sp³-hybridized carbons (Fsp3) is 0.538. The number of ether oxygens (including phenoxy) is 1. The maximum Gasteiger partial charge on any atom is 0.123 e. The number of hydrogen-bond acceptors (Lipinski definition) is 2. The van der Waals surface area contributed by atoms with Crippen molar-refractivity contribution in [3.05, 3.63) is 29.8 Å². The van der Waals surface area contributed by atoms with Gasteiger partial charge in [-0.3, -0.25) is 0 Å². The van der Waals surface area contributed by atoms with Crippen LogP contribution in [0.4, 0.5) is 0 Å². The zero-order valence-corrected chi connectivity index (χ0v) is 9.33. The molecule has 1 heterocycles. The zero-order valence-electron chi connectivity index (χ0n) is 9.33. The smallest absolute Gasteiger partial charge is 0.123 e. The first-order valence-electron chi connectivity index (χ1n) is 5.78. The summed E-state index contributed by atoms with van der Waals surface area (Å²) in [6.07, 6.45) is 5.18. The molecule has 0 aliphatic carbocycles. The first kappa shape index (κ1) is 10.5. The minimum Gasteiger partial charge on any atom is -0.496 e. The Morgan fingerprint density at radius 3 is 2.93 bits per heavy atom. The molecule has 2 nitrogen and oxygen atoms in total. The van der Waals surface area contributed by atoms with E-state index >= 15 is 0 Å². The molecule has 0 amide bonds. The van der Waals surface area contributed by atoms with Gasteiger partial charge in [-0.15, -0.1) is 0 Å². The van der Waals surface area contributed by atoms with Gasteiger partial charge in [-0.25, -0.2) is 0 Å². The van der Waals surface area contributed by atoms with E-state index in [1.807, 2.05) is 12.1 Å². The lowest BCUT2D eigenvalue weighted by Gasteiger charge is -2.18. The van der Waals surface area contributed by atoms with Crippen LogP contribution in [0, 0.1) is 0 Å². The number of methoxy groups -OCH3 is 1. The van der Waals surface area contributed by atoms with Gasteiger partial charge in [-0.05, 0) is 25.5 Å². The van der Waals surface area contributed by atoms with Crippen LogP contribution >= 0.6 is 0 Å². The van der Waals surface area contributed by atoms with Crippen LogP contribution in [0.15, 0.2) is 24.3 Å². The average molecular weight is 205 g/mol. The molecule has 0 saturated carbocycles. The summed E-state index contributed by atoms with van der Waals surface area (Å²) in [7, 11) is 1.75. The third kappa shape index (κ3) is 2.51. The summed E-state index contributed by atoms with van der Waals surface area (Å²) in [4.78, 5) is 0. The van der Waals surface area contributed by atoms with Gasteiger partial charge >= 0.3 is 0 Å². The van der Waals surface area contributed by atoms with Crippen LogP contribution < -0.4 is 10.1 Å². The maximum atomic E-state index is 5.40. The summed E-state index contributed by atoms with van der Waals surface area (Å²) in [5.41, 5.74) is 1.31. The van der Waals surface area contributed by atoms with Crippen LogP contribution in [0.5, 0.6) is 5.75 Å². The van der Waals surface area contributed by atoms with Crippen molar-refractivity contribution in [1.29, 1.82) is 0 Å². The highest BCUT2D eigenvalue weighted by molar-refractivity contribution is 5.35. The molecule has 0 bridgehead atoms. The van der Waals surface area contributed by atoms with Gasteiger partial charge in [0.2, 0.25) is 0 Å². The maximum absolute atomic E-state index is 5.40. The molecule has 1 aromatic carbocycles. The van der Waals surface area contributed by atoms with Crippen molar-refractivity contribution in [2.24, 2.45) is 0 Å². The summed E-state index contributed by atoms with van der Waals surface area (Å²) in [6, 6.07) is 8.80. The highest BCUT2D eigenvalue weighted by Crippen LogP contribution is 2.29. The molecule has 1 atom stereocenters. The molecule has 0 unspecified atom stereocenters. The normalized spacial score (nSPS) is 22.1. The highest BCUT2D eigenvalue weighted by Gasteiger charge is 2.16. The van der Waals surface area contributed by atoms with Gasteiger partial charge < -0.3 is 10.1 Å². The lowest BCUT2D eigenvalue weighted by Crippen LogP contribution is -2.20. The molecule has 0 aromatic heterocycles. The molecule has 82 valence electrons. The minimum atomic E-state index is 0.476. The molecule has 15 heavy (non-hydrogen) atoms. The molecule has 0 spiro atoms. The van der Waals surface area contributed by atoms with Crippen molar-refractivity contribution < 1.29 is 4.74 Å². The van der Waals surface area contributed by atoms with Gasteiger partial charge in [0.15, 0.2) is 0 Å². The molecule has 2 heteroatoms. The molecular weight excluding hydrogens is 186 g/mol. The number of rotatable bonds is 2. The Morgan fingerprint density at radius 2 is 2.07 bits per heavy atom. The monoisotopic (exact) mass is 205 g/mol. The van der Waals surface area contributed by atoms with Crippen LogP contribution in [0.1, 0.15) is 37.3 Å². The number of benzene rings is 1. The van der Waals surface area contributed by atoms with Crippen LogP contribution in [0.25, 0.3) is 0 Å². The lowest BCUT2D eigenvalue weighted by atomic mass is 10.0. The van der Waals surface area contributed by atoms with E-state index in [9.17, 15) is 0 Å². The van der Waals surface area contributed by atoms with Crippen LogP contribution in [-0.4, -0.2) is 13.7 Å². The molecular formula is C13H19NO. The number of nitrogens with one attached hydrogen (secondary N) is 1. The van der Waals surface area contributed by atoms with E-state index in [2.05, 4.69) is 17.4 Å². The van der Waals surface area contributed by atoms with Gasteiger partial charge in [0.25, 0.3) is 0 Å². The second kappa shape index (κ2) is 5.17. The van der Waals surface area contributed by atoms with E-state index in [0.29, 0.717) is 6.04 Å². The Morgan fingerprint density at radius 1 is 1.20 bits per heavy atom. The summed E-state index contributed by atoms with van der Waals surface area (Å²) in [6.45, 7) is 1.13. The van der Waals surface area contributed by atoms with Gasteiger partial charge in [-0.1, -0.05) is 31.0 Å². The Hall–Kier alpha value is -1.02. The third-order valence-corrected chi connectivity index (χ3v) is 3.07. The zero-order chi connectivity index (χ0) is 10.5. The molecule has 1 fully saturated rings. The van der Waals surface area contributed by atoms with E-state index in [-0.39, 0.29) is 0 Å². The first-order chi connectivity index (χ1) is 7.42.